The highest BCUT2D eigenvalue weighted by Crippen LogP contribution is 2.16. The van der Waals surface area contributed by atoms with Gasteiger partial charge in [0.1, 0.15) is 11.5 Å². The summed E-state index contributed by atoms with van der Waals surface area (Å²) in [5.74, 6) is -0.219. The topological polar surface area (TPSA) is 106 Å². The van der Waals surface area contributed by atoms with E-state index in [1.54, 1.807) is 66.7 Å². The number of rotatable bonds is 9. The molecule has 3 rings (SSSR count). The number of nitrogens with one attached hydrogen (secondary N) is 2. The number of amides is 2. The van der Waals surface area contributed by atoms with Crippen LogP contribution in [0.2, 0.25) is 0 Å². The number of esters is 1. The molecule has 2 N–H and O–H groups in total. The molecule has 0 saturated heterocycles. The predicted octanol–water partition coefficient (Wildman–Crippen LogP) is 3.49. The van der Waals surface area contributed by atoms with E-state index in [0.29, 0.717) is 34.8 Å². The number of aryl methyl sites for hydroxylation is 1. The summed E-state index contributed by atoms with van der Waals surface area (Å²) in [7, 11) is 0. The lowest BCUT2D eigenvalue weighted by Gasteiger charge is -2.06. The normalized spacial score (nSPS) is 10.5. The SMILES string of the molecule is CCOc1ccc(C(=O)Oc2ccc(/C=N\NC(=O)CNC(=O)c3cccc(C)c3)cc2)cc1. The van der Waals surface area contributed by atoms with Crippen molar-refractivity contribution in [2.75, 3.05) is 13.2 Å². The summed E-state index contributed by atoms with van der Waals surface area (Å²) in [4.78, 5) is 36.2. The van der Waals surface area contributed by atoms with Crippen molar-refractivity contribution in [3.05, 3.63) is 95.1 Å². The maximum Gasteiger partial charge on any atom is 0.343 e. The molecule has 8 nitrogen and oxygen atoms in total. The molecule has 174 valence electrons. The molecule has 0 radical (unpaired) electrons. The van der Waals surface area contributed by atoms with Gasteiger partial charge in [0.05, 0.1) is 24.9 Å². The number of benzene rings is 3. The minimum Gasteiger partial charge on any atom is -0.494 e. The van der Waals surface area contributed by atoms with Crippen molar-refractivity contribution < 1.29 is 23.9 Å². The molecule has 2 amide bonds. The van der Waals surface area contributed by atoms with Gasteiger partial charge in [-0.05, 0) is 80.1 Å². The van der Waals surface area contributed by atoms with Gasteiger partial charge < -0.3 is 14.8 Å². The Morgan fingerprint density at radius 3 is 2.29 bits per heavy atom. The molecular formula is C26H25N3O5. The van der Waals surface area contributed by atoms with Gasteiger partial charge >= 0.3 is 5.97 Å². The van der Waals surface area contributed by atoms with E-state index in [9.17, 15) is 14.4 Å². The third kappa shape index (κ3) is 7.30. The van der Waals surface area contributed by atoms with Crippen LogP contribution in [-0.2, 0) is 4.79 Å². The van der Waals surface area contributed by atoms with Crippen molar-refractivity contribution in [2.24, 2.45) is 5.10 Å². The molecule has 0 spiro atoms. The average molecular weight is 460 g/mol. The van der Waals surface area contributed by atoms with E-state index in [0.717, 1.165) is 5.56 Å². The van der Waals surface area contributed by atoms with Crippen LogP contribution in [-0.4, -0.2) is 37.1 Å². The number of carbonyl (C=O) groups is 3. The highest BCUT2D eigenvalue weighted by molar-refractivity contribution is 5.96. The van der Waals surface area contributed by atoms with E-state index in [4.69, 9.17) is 9.47 Å². The maximum atomic E-state index is 12.3. The first-order valence-electron chi connectivity index (χ1n) is 10.7. The molecule has 0 fully saturated rings. The summed E-state index contributed by atoms with van der Waals surface area (Å²) in [6.07, 6.45) is 1.44. The van der Waals surface area contributed by atoms with Crippen molar-refractivity contribution in [1.29, 1.82) is 0 Å². The fourth-order valence-electron chi connectivity index (χ4n) is 2.91. The van der Waals surface area contributed by atoms with Crippen LogP contribution in [0.25, 0.3) is 0 Å². The van der Waals surface area contributed by atoms with Crippen molar-refractivity contribution in [3.8, 4) is 11.5 Å². The van der Waals surface area contributed by atoms with Crippen LogP contribution in [0, 0.1) is 6.92 Å². The quantitative estimate of drug-likeness (QED) is 0.221. The second kappa shape index (κ2) is 12.0. The molecule has 0 aliphatic heterocycles. The van der Waals surface area contributed by atoms with Crippen molar-refractivity contribution >= 4 is 24.0 Å². The summed E-state index contributed by atoms with van der Waals surface area (Å²) in [5.41, 5.74) is 4.89. The molecule has 0 aliphatic rings. The van der Waals surface area contributed by atoms with Gasteiger partial charge in [-0.15, -0.1) is 0 Å². The predicted molar refractivity (Wildman–Crippen MR) is 128 cm³/mol. The Morgan fingerprint density at radius 2 is 1.62 bits per heavy atom. The largest absolute Gasteiger partial charge is 0.494 e. The smallest absolute Gasteiger partial charge is 0.343 e. The van der Waals surface area contributed by atoms with Crippen LogP contribution in [0.1, 0.15) is 38.8 Å². The zero-order chi connectivity index (χ0) is 24.3. The summed E-state index contributed by atoms with van der Waals surface area (Å²) < 4.78 is 10.7. The highest BCUT2D eigenvalue weighted by Gasteiger charge is 2.09. The van der Waals surface area contributed by atoms with Gasteiger partial charge in [-0.2, -0.15) is 5.10 Å². The molecule has 0 heterocycles. The van der Waals surface area contributed by atoms with Gasteiger partial charge in [-0.1, -0.05) is 17.7 Å². The van der Waals surface area contributed by atoms with Gasteiger partial charge in [-0.3, -0.25) is 9.59 Å². The summed E-state index contributed by atoms with van der Waals surface area (Å²) in [5, 5.41) is 6.42. The Balaban J connectivity index is 1.44. The summed E-state index contributed by atoms with van der Waals surface area (Å²) in [6, 6.07) is 20.4. The van der Waals surface area contributed by atoms with Crippen LogP contribution >= 0.6 is 0 Å². The molecule has 8 heteroatoms. The van der Waals surface area contributed by atoms with Gasteiger partial charge in [0.15, 0.2) is 0 Å². The Morgan fingerprint density at radius 1 is 0.912 bits per heavy atom. The Bertz CT molecular complexity index is 1170. The van der Waals surface area contributed by atoms with Crippen LogP contribution < -0.4 is 20.2 Å². The number of hydrogen-bond acceptors (Lipinski definition) is 6. The van der Waals surface area contributed by atoms with Crippen LogP contribution in [0.4, 0.5) is 0 Å². The van der Waals surface area contributed by atoms with Gasteiger partial charge in [0, 0.05) is 5.56 Å². The molecular weight excluding hydrogens is 434 g/mol. The lowest BCUT2D eigenvalue weighted by Crippen LogP contribution is -2.34. The first-order chi connectivity index (χ1) is 16.4. The number of hydrazone groups is 1. The molecule has 3 aromatic carbocycles. The van der Waals surface area contributed by atoms with E-state index >= 15 is 0 Å². The standard InChI is InChI=1S/C26H25N3O5/c1-3-33-22-13-9-20(10-14-22)26(32)34-23-11-7-19(8-12-23)16-28-29-24(30)17-27-25(31)21-6-4-5-18(2)15-21/h4-16H,3,17H2,1-2H3,(H,27,31)(H,29,30)/b28-16-. The lowest BCUT2D eigenvalue weighted by atomic mass is 10.1. The zero-order valence-electron chi connectivity index (χ0n) is 18.9. The monoisotopic (exact) mass is 459 g/mol. The molecule has 0 aliphatic carbocycles. The Labute approximate surface area is 197 Å². The van der Waals surface area contributed by atoms with E-state index < -0.39 is 11.9 Å². The van der Waals surface area contributed by atoms with E-state index in [1.165, 1.54) is 6.21 Å². The molecule has 0 unspecified atom stereocenters. The van der Waals surface area contributed by atoms with E-state index in [-0.39, 0.29) is 12.5 Å². The molecule has 3 aromatic rings. The molecule has 0 saturated carbocycles. The van der Waals surface area contributed by atoms with E-state index in [2.05, 4.69) is 15.8 Å². The van der Waals surface area contributed by atoms with Crippen LogP contribution in [0.3, 0.4) is 0 Å². The van der Waals surface area contributed by atoms with Gasteiger partial charge in [-0.25, -0.2) is 10.2 Å². The van der Waals surface area contributed by atoms with Crippen molar-refractivity contribution in [1.82, 2.24) is 10.7 Å². The number of nitrogens with zero attached hydrogens (tertiary/aromatic N) is 1. The molecule has 34 heavy (non-hydrogen) atoms. The fraction of sp³-hybridized carbons (Fsp3) is 0.154. The highest BCUT2D eigenvalue weighted by atomic mass is 16.5. The van der Waals surface area contributed by atoms with Crippen molar-refractivity contribution in [3.63, 3.8) is 0 Å². The first kappa shape index (κ1) is 24.2. The summed E-state index contributed by atoms with van der Waals surface area (Å²) in [6.45, 7) is 4.12. The lowest BCUT2D eigenvalue weighted by molar-refractivity contribution is -0.120. The Hall–Kier alpha value is -4.46. The number of ether oxygens (including phenoxy) is 2. The number of hydrogen-bond donors (Lipinski definition) is 2. The third-order valence-electron chi connectivity index (χ3n) is 4.58. The van der Waals surface area contributed by atoms with Crippen molar-refractivity contribution in [2.45, 2.75) is 13.8 Å². The van der Waals surface area contributed by atoms with Crippen LogP contribution in [0.15, 0.2) is 77.9 Å². The van der Waals surface area contributed by atoms with Gasteiger partial charge in [0.25, 0.3) is 11.8 Å². The second-order valence-corrected chi connectivity index (χ2v) is 7.26. The molecule has 0 bridgehead atoms. The minimum absolute atomic E-state index is 0.204. The Kier molecular flexibility index (Phi) is 8.51. The minimum atomic E-state index is -0.482. The zero-order valence-corrected chi connectivity index (χ0v) is 18.9. The summed E-state index contributed by atoms with van der Waals surface area (Å²) >= 11 is 0. The number of carbonyl (C=O) groups excluding carboxylic acids is 3. The first-order valence-corrected chi connectivity index (χ1v) is 10.7. The van der Waals surface area contributed by atoms with Crippen LogP contribution in [0.5, 0.6) is 11.5 Å². The third-order valence-corrected chi connectivity index (χ3v) is 4.58. The van der Waals surface area contributed by atoms with Gasteiger partial charge in [0.2, 0.25) is 0 Å². The van der Waals surface area contributed by atoms with E-state index in [1.807, 2.05) is 19.9 Å². The fourth-order valence-corrected chi connectivity index (χ4v) is 2.91. The maximum absolute atomic E-state index is 12.3. The average Bonchev–Trinajstić information content (AvgIpc) is 2.84. The second-order valence-electron chi connectivity index (χ2n) is 7.26. The molecule has 0 aromatic heterocycles. The molecule has 0 atom stereocenters.